The molecule has 0 unspecified atom stereocenters. The van der Waals surface area contributed by atoms with Gasteiger partial charge in [0.05, 0.1) is 0 Å². The standard InChI is InChI=1S/C18H18F2N2O4/c1-22(2)16(23)11-25-14-9-5-13(6-10-14)21-17(24)12-3-7-15(8-4-12)26-18(19)20/h3-10,18H,11H2,1-2H3,(H,21,24). The van der Waals surface area contributed by atoms with E-state index < -0.39 is 12.5 Å². The van der Waals surface area contributed by atoms with Crippen LogP contribution >= 0.6 is 0 Å². The zero-order valence-corrected chi connectivity index (χ0v) is 14.2. The molecule has 2 rings (SSSR count). The Morgan fingerprint density at radius 3 is 2.12 bits per heavy atom. The fraction of sp³-hybridized carbons (Fsp3) is 0.222. The maximum Gasteiger partial charge on any atom is 0.387 e. The molecular formula is C18H18F2N2O4. The highest BCUT2D eigenvalue weighted by Gasteiger charge is 2.09. The van der Waals surface area contributed by atoms with Gasteiger partial charge >= 0.3 is 6.61 Å². The number of carbonyl (C=O) groups is 2. The highest BCUT2D eigenvalue weighted by Crippen LogP contribution is 2.18. The zero-order chi connectivity index (χ0) is 19.1. The second-order valence-corrected chi connectivity index (χ2v) is 5.46. The van der Waals surface area contributed by atoms with Crippen molar-refractivity contribution in [3.05, 3.63) is 54.1 Å². The minimum absolute atomic E-state index is 0.0228. The Balaban J connectivity index is 1.91. The van der Waals surface area contributed by atoms with Crippen molar-refractivity contribution in [1.82, 2.24) is 4.90 Å². The van der Waals surface area contributed by atoms with Crippen molar-refractivity contribution >= 4 is 17.5 Å². The van der Waals surface area contributed by atoms with Gasteiger partial charge in [0.1, 0.15) is 11.5 Å². The number of hydrogen-bond donors (Lipinski definition) is 1. The van der Waals surface area contributed by atoms with E-state index in [2.05, 4.69) is 10.1 Å². The lowest BCUT2D eigenvalue weighted by atomic mass is 10.2. The van der Waals surface area contributed by atoms with Crippen LogP contribution in [0.2, 0.25) is 0 Å². The topological polar surface area (TPSA) is 67.9 Å². The molecule has 0 aliphatic rings. The van der Waals surface area contributed by atoms with E-state index in [4.69, 9.17) is 4.74 Å². The van der Waals surface area contributed by atoms with Crippen LogP contribution in [0.1, 0.15) is 10.4 Å². The summed E-state index contributed by atoms with van der Waals surface area (Å²) in [5, 5.41) is 2.67. The fourth-order valence-corrected chi connectivity index (χ4v) is 1.90. The Morgan fingerprint density at radius 1 is 1.00 bits per heavy atom. The number of rotatable bonds is 7. The van der Waals surface area contributed by atoms with E-state index in [1.165, 1.54) is 29.2 Å². The lowest BCUT2D eigenvalue weighted by Gasteiger charge is -2.12. The quantitative estimate of drug-likeness (QED) is 0.820. The van der Waals surface area contributed by atoms with Crippen LogP contribution in [-0.2, 0) is 4.79 Å². The van der Waals surface area contributed by atoms with E-state index in [1.807, 2.05) is 0 Å². The number of anilines is 1. The van der Waals surface area contributed by atoms with Gasteiger partial charge in [0, 0.05) is 25.3 Å². The molecule has 2 amide bonds. The summed E-state index contributed by atoms with van der Waals surface area (Å²) in [4.78, 5) is 25.0. The maximum absolute atomic E-state index is 12.1. The average molecular weight is 364 g/mol. The third kappa shape index (κ3) is 5.73. The van der Waals surface area contributed by atoms with Crippen LogP contribution in [0.4, 0.5) is 14.5 Å². The lowest BCUT2D eigenvalue weighted by molar-refractivity contribution is -0.130. The summed E-state index contributed by atoms with van der Waals surface area (Å²) in [6.07, 6.45) is 0. The smallest absolute Gasteiger partial charge is 0.387 e. The normalized spacial score (nSPS) is 10.3. The van der Waals surface area contributed by atoms with E-state index in [1.54, 1.807) is 38.4 Å². The van der Waals surface area contributed by atoms with Gasteiger partial charge in [-0.3, -0.25) is 9.59 Å². The molecule has 1 N–H and O–H groups in total. The molecule has 2 aromatic carbocycles. The lowest BCUT2D eigenvalue weighted by Crippen LogP contribution is -2.27. The monoisotopic (exact) mass is 364 g/mol. The Labute approximate surface area is 149 Å². The van der Waals surface area contributed by atoms with Gasteiger partial charge in [-0.1, -0.05) is 0 Å². The molecule has 0 atom stereocenters. The van der Waals surface area contributed by atoms with Crippen molar-refractivity contribution in [2.45, 2.75) is 6.61 Å². The molecular weight excluding hydrogens is 346 g/mol. The Morgan fingerprint density at radius 2 is 1.58 bits per heavy atom. The van der Waals surface area contributed by atoms with Gasteiger partial charge in [0.25, 0.3) is 11.8 Å². The third-order valence-electron chi connectivity index (χ3n) is 3.31. The molecule has 0 aliphatic heterocycles. The summed E-state index contributed by atoms with van der Waals surface area (Å²) in [5.41, 5.74) is 0.817. The van der Waals surface area contributed by atoms with E-state index in [0.29, 0.717) is 17.0 Å². The molecule has 0 spiro atoms. The van der Waals surface area contributed by atoms with E-state index in [0.717, 1.165) is 0 Å². The highest BCUT2D eigenvalue weighted by atomic mass is 19.3. The molecule has 138 valence electrons. The SMILES string of the molecule is CN(C)C(=O)COc1ccc(NC(=O)c2ccc(OC(F)F)cc2)cc1. The molecule has 0 saturated carbocycles. The van der Waals surface area contributed by atoms with Gasteiger partial charge in [-0.2, -0.15) is 8.78 Å². The number of alkyl halides is 2. The molecule has 6 nitrogen and oxygen atoms in total. The number of nitrogens with zero attached hydrogens (tertiary/aromatic N) is 1. The maximum atomic E-state index is 12.1. The number of nitrogens with one attached hydrogen (secondary N) is 1. The van der Waals surface area contributed by atoms with Crippen molar-refractivity contribution in [2.75, 3.05) is 26.0 Å². The van der Waals surface area contributed by atoms with Gasteiger partial charge < -0.3 is 19.7 Å². The summed E-state index contributed by atoms with van der Waals surface area (Å²) in [6.45, 7) is -2.99. The van der Waals surface area contributed by atoms with Crippen LogP contribution in [0, 0.1) is 0 Å². The summed E-state index contributed by atoms with van der Waals surface area (Å²) in [6, 6.07) is 11.9. The summed E-state index contributed by atoms with van der Waals surface area (Å²) < 4.78 is 33.8. The van der Waals surface area contributed by atoms with Crippen molar-refractivity contribution in [1.29, 1.82) is 0 Å². The number of hydrogen-bond acceptors (Lipinski definition) is 4. The van der Waals surface area contributed by atoms with Gasteiger partial charge in [-0.05, 0) is 48.5 Å². The van der Waals surface area contributed by atoms with Crippen LogP contribution in [0.25, 0.3) is 0 Å². The summed E-state index contributed by atoms with van der Waals surface area (Å²) in [7, 11) is 3.27. The first-order chi connectivity index (χ1) is 12.3. The molecule has 26 heavy (non-hydrogen) atoms. The molecule has 0 radical (unpaired) electrons. The predicted molar refractivity (Wildman–Crippen MR) is 91.7 cm³/mol. The molecule has 0 saturated heterocycles. The average Bonchev–Trinajstić information content (AvgIpc) is 2.60. The second-order valence-electron chi connectivity index (χ2n) is 5.46. The number of benzene rings is 2. The number of halogens is 2. The Bertz CT molecular complexity index is 747. The van der Waals surface area contributed by atoms with Gasteiger partial charge in [0.15, 0.2) is 6.61 Å². The van der Waals surface area contributed by atoms with Crippen LogP contribution in [0.3, 0.4) is 0 Å². The molecule has 0 aromatic heterocycles. The zero-order valence-electron chi connectivity index (χ0n) is 14.2. The number of ether oxygens (including phenoxy) is 2. The number of amides is 2. The first-order valence-electron chi connectivity index (χ1n) is 7.64. The molecule has 0 bridgehead atoms. The van der Waals surface area contributed by atoms with Gasteiger partial charge in [0.2, 0.25) is 0 Å². The molecule has 8 heteroatoms. The fourth-order valence-electron chi connectivity index (χ4n) is 1.90. The largest absolute Gasteiger partial charge is 0.484 e. The van der Waals surface area contributed by atoms with Crippen molar-refractivity contribution in [3.63, 3.8) is 0 Å². The van der Waals surface area contributed by atoms with Gasteiger partial charge in [-0.25, -0.2) is 0 Å². The van der Waals surface area contributed by atoms with Crippen LogP contribution in [0.5, 0.6) is 11.5 Å². The van der Waals surface area contributed by atoms with Crippen molar-refractivity contribution in [3.8, 4) is 11.5 Å². The first kappa shape index (κ1) is 19.2. The third-order valence-corrected chi connectivity index (χ3v) is 3.31. The summed E-state index contributed by atoms with van der Waals surface area (Å²) in [5.74, 6) is -0.0938. The minimum atomic E-state index is -2.91. The van der Waals surface area contributed by atoms with Crippen LogP contribution in [0.15, 0.2) is 48.5 Å². The van der Waals surface area contributed by atoms with Crippen LogP contribution < -0.4 is 14.8 Å². The second kappa shape index (κ2) is 8.80. The van der Waals surface area contributed by atoms with E-state index >= 15 is 0 Å². The molecule has 0 aliphatic carbocycles. The highest BCUT2D eigenvalue weighted by molar-refractivity contribution is 6.04. The van der Waals surface area contributed by atoms with E-state index in [9.17, 15) is 18.4 Å². The number of likely N-dealkylation sites (N-methyl/N-ethyl adjacent to an activating group) is 1. The molecule has 2 aromatic rings. The molecule has 0 heterocycles. The Kier molecular flexibility index (Phi) is 6.48. The molecule has 0 fully saturated rings. The number of carbonyl (C=O) groups excluding carboxylic acids is 2. The van der Waals surface area contributed by atoms with Crippen LogP contribution in [-0.4, -0.2) is 44.0 Å². The summed E-state index contributed by atoms with van der Waals surface area (Å²) >= 11 is 0. The van der Waals surface area contributed by atoms with Crippen molar-refractivity contribution < 1.29 is 27.8 Å². The first-order valence-corrected chi connectivity index (χ1v) is 7.64. The van der Waals surface area contributed by atoms with Crippen molar-refractivity contribution in [2.24, 2.45) is 0 Å². The predicted octanol–water partition coefficient (Wildman–Crippen LogP) is 3.01. The minimum Gasteiger partial charge on any atom is -0.484 e. The van der Waals surface area contributed by atoms with E-state index in [-0.39, 0.29) is 18.3 Å². The van der Waals surface area contributed by atoms with Gasteiger partial charge in [-0.15, -0.1) is 0 Å². The Hall–Kier alpha value is -3.16.